The van der Waals surface area contributed by atoms with Crippen molar-refractivity contribution in [2.45, 2.75) is 38.2 Å². The minimum atomic E-state index is -4.53. The third-order valence-corrected chi connectivity index (χ3v) is 5.51. The van der Waals surface area contributed by atoms with Crippen LogP contribution >= 0.6 is 0 Å². The molecule has 0 spiro atoms. The summed E-state index contributed by atoms with van der Waals surface area (Å²) in [6, 6.07) is 5.69. The Labute approximate surface area is 191 Å². The van der Waals surface area contributed by atoms with Crippen LogP contribution in [0.2, 0.25) is 0 Å². The van der Waals surface area contributed by atoms with Crippen LogP contribution in [-0.4, -0.2) is 44.4 Å². The molecule has 0 fully saturated rings. The number of carbonyl (C=O) groups is 1. The van der Waals surface area contributed by atoms with Crippen LogP contribution in [-0.2, 0) is 17.5 Å². The second-order valence-corrected chi connectivity index (χ2v) is 8.78. The average molecular weight is 480 g/mol. The monoisotopic (exact) mass is 480 g/mol. The van der Waals surface area contributed by atoms with Crippen molar-refractivity contribution in [3.05, 3.63) is 51.9 Å². The largest absolute Gasteiger partial charge is 0.508 e. The van der Waals surface area contributed by atoms with Crippen molar-refractivity contribution in [1.82, 2.24) is 14.9 Å². The number of benzene rings is 2. The number of imidazole rings is 1. The van der Waals surface area contributed by atoms with Crippen LogP contribution in [0.5, 0.6) is 11.5 Å². The summed E-state index contributed by atoms with van der Waals surface area (Å²) < 4.78 is 45.7. The van der Waals surface area contributed by atoms with E-state index in [1.54, 1.807) is 13.8 Å². The summed E-state index contributed by atoms with van der Waals surface area (Å²) in [4.78, 5) is 26.4. The molecule has 1 aliphatic heterocycles. The van der Waals surface area contributed by atoms with Crippen molar-refractivity contribution < 1.29 is 32.9 Å². The number of β-amino-alcohol motifs (C(OH)–C–C–N with tert-alkyl or cyclic N) is 1. The van der Waals surface area contributed by atoms with E-state index in [2.05, 4.69) is 15.6 Å². The molecule has 4 rings (SSSR count). The molecule has 0 bridgehead atoms. The molecule has 182 valence electrons. The number of phenols is 1. The number of aliphatic hydroxyl groups excluding tert-OH is 1. The molecule has 0 radical (unpaired) electrons. The van der Waals surface area contributed by atoms with E-state index in [1.165, 1.54) is 22.8 Å². The zero-order valence-corrected chi connectivity index (χ0v) is 18.3. The number of alkyl halides is 3. The van der Waals surface area contributed by atoms with E-state index in [0.717, 1.165) is 12.1 Å². The number of hydrogen-bond donors (Lipinski definition) is 5. The van der Waals surface area contributed by atoms with Crippen molar-refractivity contribution in [1.29, 1.82) is 0 Å². The van der Waals surface area contributed by atoms with Crippen LogP contribution in [0.25, 0.3) is 11.0 Å². The van der Waals surface area contributed by atoms with Crippen LogP contribution < -0.4 is 21.1 Å². The van der Waals surface area contributed by atoms with Gasteiger partial charge < -0.3 is 30.6 Å². The lowest BCUT2D eigenvalue weighted by molar-refractivity contribution is -0.137. The number of hydrogen-bond acceptors (Lipinski definition) is 6. The van der Waals surface area contributed by atoms with Gasteiger partial charge in [0.15, 0.2) is 6.61 Å². The van der Waals surface area contributed by atoms with Crippen LogP contribution in [0.1, 0.15) is 31.1 Å². The lowest BCUT2D eigenvalue weighted by Crippen LogP contribution is -2.46. The molecule has 0 saturated carbocycles. The number of rotatable bonds is 6. The zero-order valence-electron chi connectivity index (χ0n) is 18.3. The molecule has 1 amide bonds. The maximum atomic E-state index is 13.0. The van der Waals surface area contributed by atoms with E-state index >= 15 is 0 Å². The molecule has 0 aliphatic carbocycles. The number of carbonyl (C=O) groups excluding carboxylic acids is 1. The number of aromatic amines is 1. The van der Waals surface area contributed by atoms with Gasteiger partial charge in [0.25, 0.3) is 5.91 Å². The summed E-state index contributed by atoms with van der Waals surface area (Å²) in [5.74, 6) is -0.302. The summed E-state index contributed by atoms with van der Waals surface area (Å²) in [6.45, 7) is 3.40. The number of aromatic nitrogens is 2. The molecule has 1 aliphatic rings. The number of phenolic OH excluding ortho intramolecular Hbond substituents is 1. The van der Waals surface area contributed by atoms with Crippen molar-refractivity contribution >= 4 is 22.6 Å². The van der Waals surface area contributed by atoms with Crippen LogP contribution in [0.4, 0.5) is 18.9 Å². The van der Waals surface area contributed by atoms with Crippen molar-refractivity contribution in [2.75, 3.05) is 18.5 Å². The van der Waals surface area contributed by atoms with Gasteiger partial charge in [0.2, 0.25) is 0 Å². The van der Waals surface area contributed by atoms with E-state index in [4.69, 9.17) is 4.74 Å². The number of ether oxygens (including phenoxy) is 1. The predicted molar refractivity (Wildman–Crippen MR) is 117 cm³/mol. The number of nitrogens with zero attached hydrogens (tertiary/aromatic N) is 1. The van der Waals surface area contributed by atoms with Crippen LogP contribution in [0.15, 0.2) is 35.1 Å². The summed E-state index contributed by atoms with van der Waals surface area (Å²) in [5.41, 5.74) is -1.29. The molecule has 34 heavy (non-hydrogen) atoms. The fourth-order valence-electron chi connectivity index (χ4n) is 3.89. The standard InChI is InChI=1S/C22H23F3N4O5/c1-21(2,10-29-16-4-3-11(22(23,24)25)5-14(16)28-20(29)33)26-8-17(31)13-6-12(30)7-15-19(13)34-9-18(32)27-15/h3-7,17,26,30-31H,8-10H2,1-2H3,(H,27,32)(H,28,33). The number of aromatic hydroxyl groups is 1. The molecule has 1 aromatic heterocycles. The number of anilines is 1. The number of nitrogens with one attached hydrogen (secondary N) is 3. The van der Waals surface area contributed by atoms with Gasteiger partial charge in [0.1, 0.15) is 11.5 Å². The molecular formula is C22H23F3N4O5. The minimum absolute atomic E-state index is 0.00444. The lowest BCUT2D eigenvalue weighted by Gasteiger charge is -2.29. The first-order valence-corrected chi connectivity index (χ1v) is 10.4. The number of halogens is 3. The number of amides is 1. The fraction of sp³-hybridized carbons (Fsp3) is 0.364. The first-order valence-electron chi connectivity index (χ1n) is 10.4. The Balaban J connectivity index is 1.52. The van der Waals surface area contributed by atoms with Crippen molar-refractivity contribution in [3.8, 4) is 11.5 Å². The fourth-order valence-corrected chi connectivity index (χ4v) is 3.89. The Kier molecular flexibility index (Phi) is 5.82. The molecule has 1 atom stereocenters. The zero-order chi connectivity index (χ0) is 24.8. The highest BCUT2D eigenvalue weighted by Gasteiger charge is 2.31. The van der Waals surface area contributed by atoms with Gasteiger partial charge in [-0.1, -0.05) is 0 Å². The van der Waals surface area contributed by atoms with Gasteiger partial charge in [-0.15, -0.1) is 0 Å². The SMILES string of the molecule is CC(C)(Cn1c(=O)[nH]c2cc(C(F)(F)F)ccc21)NCC(O)c1cc(O)cc2c1OCC(=O)N2. The molecule has 2 heterocycles. The number of fused-ring (bicyclic) bond motifs is 2. The van der Waals surface area contributed by atoms with Gasteiger partial charge in [-0.05, 0) is 38.1 Å². The molecular weight excluding hydrogens is 457 g/mol. The first-order chi connectivity index (χ1) is 15.8. The lowest BCUT2D eigenvalue weighted by atomic mass is 10.0. The van der Waals surface area contributed by atoms with E-state index in [1.807, 2.05) is 0 Å². The maximum absolute atomic E-state index is 13.0. The third kappa shape index (κ3) is 4.73. The van der Waals surface area contributed by atoms with Gasteiger partial charge in [0.05, 0.1) is 28.4 Å². The number of aliphatic hydroxyl groups is 1. The van der Waals surface area contributed by atoms with E-state index < -0.39 is 29.1 Å². The Morgan fingerprint density at radius 1 is 1.21 bits per heavy atom. The maximum Gasteiger partial charge on any atom is 0.416 e. The molecule has 1 unspecified atom stereocenters. The van der Waals surface area contributed by atoms with Crippen molar-refractivity contribution in [3.63, 3.8) is 0 Å². The van der Waals surface area contributed by atoms with Gasteiger partial charge in [-0.2, -0.15) is 13.2 Å². The molecule has 5 N–H and O–H groups in total. The average Bonchev–Trinajstić information content (AvgIpc) is 3.04. The molecule has 2 aromatic carbocycles. The second-order valence-electron chi connectivity index (χ2n) is 8.78. The molecule has 3 aromatic rings. The first kappa shape index (κ1) is 23.6. The Morgan fingerprint density at radius 3 is 2.65 bits per heavy atom. The summed E-state index contributed by atoms with van der Waals surface area (Å²) >= 11 is 0. The molecule has 0 saturated heterocycles. The Hall–Kier alpha value is -3.51. The summed E-state index contributed by atoms with van der Waals surface area (Å²) in [6.07, 6.45) is -5.66. The van der Waals surface area contributed by atoms with Crippen LogP contribution in [0.3, 0.4) is 0 Å². The van der Waals surface area contributed by atoms with E-state index in [0.29, 0.717) is 5.52 Å². The van der Waals surface area contributed by atoms with E-state index in [9.17, 15) is 33.0 Å². The second kappa shape index (κ2) is 8.37. The topological polar surface area (TPSA) is 129 Å². The Bertz CT molecular complexity index is 1310. The van der Waals surface area contributed by atoms with Crippen LogP contribution in [0, 0.1) is 0 Å². The van der Waals surface area contributed by atoms with Gasteiger partial charge in [-0.3, -0.25) is 9.36 Å². The van der Waals surface area contributed by atoms with Gasteiger partial charge in [0, 0.05) is 30.3 Å². The quantitative estimate of drug-likeness (QED) is 0.369. The third-order valence-electron chi connectivity index (χ3n) is 5.51. The normalized spacial score (nSPS) is 15.1. The van der Waals surface area contributed by atoms with Gasteiger partial charge in [-0.25, -0.2) is 4.79 Å². The van der Waals surface area contributed by atoms with Gasteiger partial charge >= 0.3 is 11.9 Å². The highest BCUT2D eigenvalue weighted by Crippen LogP contribution is 2.38. The highest BCUT2D eigenvalue weighted by molar-refractivity contribution is 5.96. The van der Waals surface area contributed by atoms with Crippen molar-refractivity contribution in [2.24, 2.45) is 0 Å². The predicted octanol–water partition coefficient (Wildman–Crippen LogP) is 2.49. The highest BCUT2D eigenvalue weighted by atomic mass is 19.4. The minimum Gasteiger partial charge on any atom is -0.508 e. The summed E-state index contributed by atoms with van der Waals surface area (Å²) in [5, 5.41) is 26.4. The number of H-pyrrole nitrogens is 1. The molecule has 12 heteroatoms. The smallest absolute Gasteiger partial charge is 0.416 e. The van der Waals surface area contributed by atoms with E-state index in [-0.39, 0.29) is 53.9 Å². The summed E-state index contributed by atoms with van der Waals surface area (Å²) in [7, 11) is 0. The Morgan fingerprint density at radius 2 is 1.94 bits per heavy atom. The molecule has 9 nitrogen and oxygen atoms in total.